The van der Waals surface area contributed by atoms with Crippen LogP contribution >= 0.6 is 0 Å². The highest BCUT2D eigenvalue weighted by Crippen LogP contribution is 2.22. The number of sulfonamides is 1. The second-order valence-electron chi connectivity index (χ2n) is 5.68. The lowest BCUT2D eigenvalue weighted by Gasteiger charge is -2.15. The Labute approximate surface area is 141 Å². The number of hydrogen-bond donors (Lipinski definition) is 1. The average Bonchev–Trinajstić information content (AvgIpc) is 3.17. The Balaban J connectivity index is 1.81. The lowest BCUT2D eigenvalue weighted by molar-refractivity contribution is 0.390. The van der Waals surface area contributed by atoms with Gasteiger partial charge in [-0.05, 0) is 50.6 Å². The van der Waals surface area contributed by atoms with Gasteiger partial charge in [-0.25, -0.2) is 13.1 Å². The molecule has 0 aliphatic carbocycles. The van der Waals surface area contributed by atoms with Gasteiger partial charge in [0, 0.05) is 24.1 Å². The molecule has 0 amide bonds. The number of nitrogens with zero attached hydrogens (tertiary/aromatic N) is 2. The number of rotatable bonds is 5. The third-order valence-corrected chi connectivity index (χ3v) is 5.65. The van der Waals surface area contributed by atoms with E-state index in [-0.39, 0.29) is 16.7 Å². The van der Waals surface area contributed by atoms with Gasteiger partial charge < -0.3 is 9.09 Å². The maximum atomic E-state index is 12.6. The molecule has 0 unspecified atom stereocenters. The highest BCUT2D eigenvalue weighted by molar-refractivity contribution is 7.89. The summed E-state index contributed by atoms with van der Waals surface area (Å²) in [5.74, 6) is 0.287. The van der Waals surface area contributed by atoms with Crippen molar-refractivity contribution in [3.05, 3.63) is 65.8 Å². The largest absolute Gasteiger partial charge is 0.360 e. The summed E-state index contributed by atoms with van der Waals surface area (Å²) in [5.41, 5.74) is 2.25. The molecular formula is C17H19N3O3S. The Morgan fingerprint density at radius 1 is 1.12 bits per heavy atom. The van der Waals surface area contributed by atoms with E-state index in [1.54, 1.807) is 20.8 Å². The fourth-order valence-electron chi connectivity index (χ4n) is 2.66. The van der Waals surface area contributed by atoms with E-state index in [0.29, 0.717) is 5.69 Å². The zero-order valence-electron chi connectivity index (χ0n) is 13.7. The van der Waals surface area contributed by atoms with Crippen LogP contribution in [0.1, 0.15) is 30.0 Å². The molecule has 0 spiro atoms. The van der Waals surface area contributed by atoms with Crippen LogP contribution in [0, 0.1) is 13.8 Å². The van der Waals surface area contributed by atoms with Crippen molar-refractivity contribution < 1.29 is 12.9 Å². The zero-order chi connectivity index (χ0) is 17.3. The first kappa shape index (κ1) is 16.5. The Hall–Kier alpha value is -2.38. The minimum absolute atomic E-state index is 0.110. The molecule has 1 atom stereocenters. The van der Waals surface area contributed by atoms with Crippen molar-refractivity contribution >= 4 is 10.0 Å². The predicted octanol–water partition coefficient (Wildman–Crippen LogP) is 3.12. The van der Waals surface area contributed by atoms with Crippen LogP contribution in [0.2, 0.25) is 0 Å². The molecule has 0 fully saturated rings. The molecule has 6 nitrogen and oxygen atoms in total. The van der Waals surface area contributed by atoms with E-state index in [1.807, 2.05) is 53.4 Å². The minimum Gasteiger partial charge on any atom is -0.360 e. The molecule has 0 aliphatic rings. The van der Waals surface area contributed by atoms with Crippen LogP contribution in [0.25, 0.3) is 5.69 Å². The lowest BCUT2D eigenvalue weighted by Crippen LogP contribution is -2.27. The van der Waals surface area contributed by atoms with Crippen LogP contribution in [-0.4, -0.2) is 18.1 Å². The van der Waals surface area contributed by atoms with E-state index >= 15 is 0 Å². The smallest absolute Gasteiger partial charge is 0.246 e. The van der Waals surface area contributed by atoms with Gasteiger partial charge in [0.15, 0.2) is 5.76 Å². The van der Waals surface area contributed by atoms with Crippen molar-refractivity contribution in [1.82, 2.24) is 14.4 Å². The second-order valence-corrected chi connectivity index (χ2v) is 7.33. The molecule has 24 heavy (non-hydrogen) atoms. The van der Waals surface area contributed by atoms with Gasteiger partial charge >= 0.3 is 0 Å². The summed E-state index contributed by atoms with van der Waals surface area (Å²) in [6.07, 6.45) is 3.91. The summed E-state index contributed by atoms with van der Waals surface area (Å²) in [4.78, 5) is 0.110. The maximum Gasteiger partial charge on any atom is 0.246 e. The average molecular weight is 345 g/mol. The number of benzene rings is 1. The SMILES string of the molecule is Cc1noc(C)c1S(=O)(=O)N[C@H](C)c1ccc(-n2cccc2)cc1. The summed E-state index contributed by atoms with van der Waals surface area (Å²) in [5, 5.41) is 3.71. The lowest BCUT2D eigenvalue weighted by atomic mass is 10.1. The van der Waals surface area contributed by atoms with E-state index in [0.717, 1.165) is 11.3 Å². The van der Waals surface area contributed by atoms with E-state index in [1.165, 1.54) is 0 Å². The van der Waals surface area contributed by atoms with Crippen LogP contribution < -0.4 is 4.72 Å². The normalized spacial score (nSPS) is 13.1. The summed E-state index contributed by atoms with van der Waals surface area (Å²) in [7, 11) is -3.69. The number of aryl methyl sites for hydroxylation is 2. The molecule has 126 valence electrons. The first-order valence-electron chi connectivity index (χ1n) is 7.57. The third kappa shape index (κ3) is 3.13. The topological polar surface area (TPSA) is 77.1 Å². The Morgan fingerprint density at radius 3 is 2.29 bits per heavy atom. The van der Waals surface area contributed by atoms with E-state index < -0.39 is 10.0 Å². The van der Waals surface area contributed by atoms with Crippen LogP contribution in [0.3, 0.4) is 0 Å². The molecule has 0 saturated heterocycles. The second kappa shape index (κ2) is 6.26. The first-order valence-corrected chi connectivity index (χ1v) is 9.05. The fraction of sp³-hybridized carbons (Fsp3) is 0.235. The number of aromatic nitrogens is 2. The molecule has 2 aromatic heterocycles. The molecule has 0 aliphatic heterocycles. The van der Waals surface area contributed by atoms with Gasteiger partial charge in [-0.3, -0.25) is 0 Å². The summed E-state index contributed by atoms with van der Waals surface area (Å²) >= 11 is 0. The van der Waals surface area contributed by atoms with Gasteiger partial charge in [-0.2, -0.15) is 0 Å². The Morgan fingerprint density at radius 2 is 1.75 bits per heavy atom. The molecule has 1 aromatic carbocycles. The van der Waals surface area contributed by atoms with Gasteiger partial charge in [-0.15, -0.1) is 0 Å². The summed E-state index contributed by atoms with van der Waals surface area (Å²) in [6, 6.07) is 11.3. The van der Waals surface area contributed by atoms with Crippen LogP contribution in [0.4, 0.5) is 0 Å². The molecule has 3 aromatic rings. The fourth-order valence-corrected chi connectivity index (χ4v) is 4.22. The number of nitrogens with one attached hydrogen (secondary N) is 1. The van der Waals surface area contributed by atoms with Crippen molar-refractivity contribution in [2.24, 2.45) is 0 Å². The molecule has 2 heterocycles. The number of hydrogen-bond acceptors (Lipinski definition) is 4. The summed E-state index contributed by atoms with van der Waals surface area (Å²) < 4.78 is 34.7. The highest BCUT2D eigenvalue weighted by Gasteiger charge is 2.26. The monoisotopic (exact) mass is 345 g/mol. The zero-order valence-corrected chi connectivity index (χ0v) is 14.5. The van der Waals surface area contributed by atoms with Gasteiger partial charge in [-0.1, -0.05) is 17.3 Å². The minimum atomic E-state index is -3.69. The van der Waals surface area contributed by atoms with Gasteiger partial charge in [0.25, 0.3) is 0 Å². The van der Waals surface area contributed by atoms with E-state index in [2.05, 4.69) is 9.88 Å². The van der Waals surface area contributed by atoms with Crippen LogP contribution in [-0.2, 0) is 10.0 Å². The van der Waals surface area contributed by atoms with Crippen molar-refractivity contribution in [1.29, 1.82) is 0 Å². The van der Waals surface area contributed by atoms with Gasteiger partial charge in [0.1, 0.15) is 10.6 Å². The maximum absolute atomic E-state index is 12.6. The standard InChI is InChI=1S/C17H19N3O3S/c1-12(19-24(21,22)17-13(2)18-23-14(17)3)15-6-8-16(9-7-15)20-10-4-5-11-20/h4-12,19H,1-3H3/t12-/m1/s1. The van der Waals surface area contributed by atoms with Crippen molar-refractivity contribution in [2.75, 3.05) is 0 Å². The highest BCUT2D eigenvalue weighted by atomic mass is 32.2. The van der Waals surface area contributed by atoms with Gasteiger partial charge in [0.2, 0.25) is 10.0 Å². The summed E-state index contributed by atoms with van der Waals surface area (Å²) in [6.45, 7) is 5.01. The van der Waals surface area contributed by atoms with Crippen molar-refractivity contribution in [3.8, 4) is 5.69 Å². The molecular weight excluding hydrogens is 326 g/mol. The van der Waals surface area contributed by atoms with Crippen LogP contribution in [0.5, 0.6) is 0 Å². The van der Waals surface area contributed by atoms with Crippen LogP contribution in [0.15, 0.2) is 58.2 Å². The Kier molecular flexibility index (Phi) is 4.29. The van der Waals surface area contributed by atoms with Crippen molar-refractivity contribution in [3.63, 3.8) is 0 Å². The molecule has 0 saturated carbocycles. The third-order valence-electron chi connectivity index (χ3n) is 3.86. The molecule has 0 bridgehead atoms. The molecule has 0 radical (unpaired) electrons. The first-order chi connectivity index (χ1) is 11.4. The quantitative estimate of drug-likeness (QED) is 0.771. The van der Waals surface area contributed by atoms with Crippen molar-refractivity contribution in [2.45, 2.75) is 31.7 Å². The van der Waals surface area contributed by atoms with E-state index in [9.17, 15) is 8.42 Å². The molecule has 3 rings (SSSR count). The Bertz CT molecular complexity index is 907. The predicted molar refractivity (Wildman–Crippen MR) is 90.5 cm³/mol. The van der Waals surface area contributed by atoms with Gasteiger partial charge in [0.05, 0.1) is 0 Å². The molecule has 7 heteroatoms. The molecule has 1 N–H and O–H groups in total. The van der Waals surface area contributed by atoms with E-state index in [4.69, 9.17) is 4.52 Å².